The van der Waals surface area contributed by atoms with Crippen molar-refractivity contribution in [1.82, 2.24) is 0 Å². The predicted molar refractivity (Wildman–Crippen MR) is 171 cm³/mol. The third-order valence-electron chi connectivity index (χ3n) is 7.99. The minimum absolute atomic E-state index is 0.0478. The molecule has 0 aliphatic rings. The largest absolute Gasteiger partial charge is 0.397 e. The van der Waals surface area contributed by atoms with Gasteiger partial charge in [-0.25, -0.2) is 4.18 Å². The van der Waals surface area contributed by atoms with Crippen molar-refractivity contribution in [3.8, 4) is 0 Å². The average molecular weight is 573 g/mol. The minimum Gasteiger partial charge on any atom is -0.264 e. The fourth-order valence-corrected chi connectivity index (χ4v) is 5.75. The molecule has 0 aromatic rings. The standard InChI is InChI=1S/C34H68O4S/c1-3-5-7-9-11-13-15-17-18-20-22-24-26-28-30-32-34(33-38-39(35,36)37)31-29-27-25-23-21-19-16-14-12-10-8-6-4-2/h29,31,34H,3-28,30,32-33H2,1-2H3,(H,35,36,37)/b31-29+. The summed E-state index contributed by atoms with van der Waals surface area (Å²) in [5.74, 6) is 0.0570. The van der Waals surface area contributed by atoms with Gasteiger partial charge in [-0.05, 0) is 19.3 Å². The molecule has 0 saturated carbocycles. The Balaban J connectivity index is 3.77. The zero-order chi connectivity index (χ0) is 28.7. The van der Waals surface area contributed by atoms with Crippen LogP contribution in [-0.4, -0.2) is 19.6 Å². The Labute approximate surface area is 245 Å². The smallest absolute Gasteiger partial charge is 0.264 e. The molecule has 1 N–H and O–H groups in total. The lowest BCUT2D eigenvalue weighted by Gasteiger charge is -2.12. The lowest BCUT2D eigenvalue weighted by molar-refractivity contribution is 0.234. The molecule has 0 amide bonds. The number of unbranched alkanes of at least 4 members (excludes halogenated alkanes) is 25. The topological polar surface area (TPSA) is 63.6 Å². The molecule has 0 aliphatic carbocycles. The maximum Gasteiger partial charge on any atom is 0.397 e. The maximum absolute atomic E-state index is 11.0. The molecule has 1 atom stereocenters. The van der Waals surface area contributed by atoms with Crippen LogP contribution in [0.15, 0.2) is 12.2 Å². The van der Waals surface area contributed by atoms with Gasteiger partial charge in [0.2, 0.25) is 0 Å². The number of hydrogen-bond acceptors (Lipinski definition) is 3. The second-order valence-electron chi connectivity index (χ2n) is 12.0. The monoisotopic (exact) mass is 572 g/mol. The van der Waals surface area contributed by atoms with Crippen LogP contribution in [0, 0.1) is 5.92 Å². The Kier molecular flexibility index (Phi) is 30.3. The molecule has 0 saturated heterocycles. The summed E-state index contributed by atoms with van der Waals surface area (Å²) in [6, 6.07) is 0. The van der Waals surface area contributed by atoms with E-state index in [4.69, 9.17) is 8.74 Å². The highest BCUT2D eigenvalue weighted by molar-refractivity contribution is 7.80. The van der Waals surface area contributed by atoms with Gasteiger partial charge in [-0.2, -0.15) is 8.42 Å². The van der Waals surface area contributed by atoms with E-state index >= 15 is 0 Å². The lowest BCUT2D eigenvalue weighted by Crippen LogP contribution is -2.12. The number of rotatable bonds is 32. The van der Waals surface area contributed by atoms with Crippen LogP contribution in [0.4, 0.5) is 0 Å². The van der Waals surface area contributed by atoms with E-state index in [0.717, 1.165) is 19.3 Å². The molecule has 0 aliphatic heterocycles. The molecule has 234 valence electrons. The fourth-order valence-electron chi connectivity index (χ4n) is 5.40. The van der Waals surface area contributed by atoms with E-state index in [9.17, 15) is 8.42 Å². The van der Waals surface area contributed by atoms with Crippen molar-refractivity contribution >= 4 is 10.4 Å². The van der Waals surface area contributed by atoms with E-state index in [0.29, 0.717) is 0 Å². The van der Waals surface area contributed by atoms with E-state index in [-0.39, 0.29) is 12.5 Å². The van der Waals surface area contributed by atoms with Gasteiger partial charge in [-0.15, -0.1) is 0 Å². The van der Waals surface area contributed by atoms with Crippen LogP contribution in [0.3, 0.4) is 0 Å². The molecule has 0 rings (SSSR count). The van der Waals surface area contributed by atoms with Gasteiger partial charge in [0.05, 0.1) is 6.61 Å². The summed E-state index contributed by atoms with van der Waals surface area (Å²) < 4.78 is 35.8. The Morgan fingerprint density at radius 1 is 0.538 bits per heavy atom. The highest BCUT2D eigenvalue weighted by atomic mass is 32.3. The first kappa shape index (κ1) is 38.6. The molecule has 0 aromatic heterocycles. The molecule has 0 radical (unpaired) electrons. The predicted octanol–water partition coefficient (Wildman–Crippen LogP) is 11.9. The summed E-state index contributed by atoms with van der Waals surface area (Å²) >= 11 is 0. The third-order valence-corrected chi connectivity index (χ3v) is 8.43. The first-order valence-corrected chi connectivity index (χ1v) is 18.6. The summed E-state index contributed by atoms with van der Waals surface area (Å²) in [7, 11) is -4.37. The average Bonchev–Trinajstić information content (AvgIpc) is 2.91. The number of allylic oxidation sites excluding steroid dienone is 1. The zero-order valence-corrected chi connectivity index (χ0v) is 27.1. The molecule has 0 aromatic carbocycles. The molecule has 39 heavy (non-hydrogen) atoms. The quantitative estimate of drug-likeness (QED) is 0.0494. The summed E-state index contributed by atoms with van der Waals surface area (Å²) in [5.41, 5.74) is 0. The van der Waals surface area contributed by atoms with E-state index < -0.39 is 10.4 Å². The van der Waals surface area contributed by atoms with Crippen LogP contribution in [0.1, 0.15) is 194 Å². The van der Waals surface area contributed by atoms with Gasteiger partial charge in [-0.3, -0.25) is 4.55 Å². The van der Waals surface area contributed by atoms with Crippen LogP contribution < -0.4 is 0 Å². The summed E-state index contributed by atoms with van der Waals surface area (Å²) in [5, 5.41) is 0. The van der Waals surface area contributed by atoms with E-state index in [2.05, 4.69) is 26.0 Å². The molecule has 0 bridgehead atoms. The van der Waals surface area contributed by atoms with Gasteiger partial charge < -0.3 is 0 Å². The molecule has 0 fully saturated rings. The van der Waals surface area contributed by atoms with Crippen molar-refractivity contribution in [2.75, 3.05) is 6.61 Å². The Bertz CT molecular complexity index is 602. The normalized spacial score (nSPS) is 13.0. The van der Waals surface area contributed by atoms with Crippen LogP contribution in [0.2, 0.25) is 0 Å². The van der Waals surface area contributed by atoms with Gasteiger partial charge >= 0.3 is 10.4 Å². The fraction of sp³-hybridized carbons (Fsp3) is 0.941. The van der Waals surface area contributed by atoms with Gasteiger partial charge in [0, 0.05) is 5.92 Å². The molecular weight excluding hydrogens is 504 g/mol. The highest BCUT2D eigenvalue weighted by Crippen LogP contribution is 2.18. The molecule has 5 heteroatoms. The van der Waals surface area contributed by atoms with E-state index in [1.807, 2.05) is 0 Å². The van der Waals surface area contributed by atoms with Gasteiger partial charge in [-0.1, -0.05) is 187 Å². The van der Waals surface area contributed by atoms with Crippen LogP contribution in [-0.2, 0) is 14.6 Å². The molecular formula is C34H68O4S. The van der Waals surface area contributed by atoms with Crippen molar-refractivity contribution in [1.29, 1.82) is 0 Å². The third kappa shape index (κ3) is 33.7. The second-order valence-corrected chi connectivity index (χ2v) is 13.1. The van der Waals surface area contributed by atoms with Gasteiger partial charge in [0.15, 0.2) is 0 Å². The zero-order valence-electron chi connectivity index (χ0n) is 26.3. The molecule has 1 unspecified atom stereocenters. The Hall–Kier alpha value is -0.390. The van der Waals surface area contributed by atoms with Crippen molar-refractivity contribution < 1.29 is 17.2 Å². The Morgan fingerprint density at radius 2 is 0.872 bits per heavy atom. The first-order valence-electron chi connectivity index (χ1n) is 17.3. The summed E-state index contributed by atoms with van der Waals surface area (Å²) in [6.07, 6.45) is 41.2. The lowest BCUT2D eigenvalue weighted by atomic mass is 9.99. The van der Waals surface area contributed by atoms with Crippen LogP contribution in [0.25, 0.3) is 0 Å². The van der Waals surface area contributed by atoms with Crippen molar-refractivity contribution in [2.45, 2.75) is 194 Å². The van der Waals surface area contributed by atoms with E-state index in [1.54, 1.807) is 0 Å². The van der Waals surface area contributed by atoms with Crippen molar-refractivity contribution in [3.05, 3.63) is 12.2 Å². The van der Waals surface area contributed by atoms with Crippen molar-refractivity contribution in [3.63, 3.8) is 0 Å². The van der Waals surface area contributed by atoms with Crippen LogP contribution in [0.5, 0.6) is 0 Å². The number of hydrogen-bond donors (Lipinski definition) is 1. The molecule has 4 nitrogen and oxygen atoms in total. The maximum atomic E-state index is 11.0. The minimum atomic E-state index is -4.37. The summed E-state index contributed by atoms with van der Waals surface area (Å²) in [6.45, 7) is 4.59. The SMILES string of the molecule is CCCCCCCCCCCCC/C=C/C(CCCCCCCCCCCCCCCCC)COS(=O)(=O)O. The molecule has 0 heterocycles. The van der Waals surface area contributed by atoms with Crippen LogP contribution >= 0.6 is 0 Å². The van der Waals surface area contributed by atoms with Gasteiger partial charge in [0.25, 0.3) is 0 Å². The second kappa shape index (κ2) is 30.6. The summed E-state index contributed by atoms with van der Waals surface area (Å²) in [4.78, 5) is 0. The first-order chi connectivity index (χ1) is 19.0. The Morgan fingerprint density at radius 3 is 1.23 bits per heavy atom. The van der Waals surface area contributed by atoms with Gasteiger partial charge in [0.1, 0.15) is 0 Å². The van der Waals surface area contributed by atoms with Crippen molar-refractivity contribution in [2.24, 2.45) is 5.92 Å². The molecule has 0 spiro atoms. The highest BCUT2D eigenvalue weighted by Gasteiger charge is 2.11. The van der Waals surface area contributed by atoms with E-state index in [1.165, 1.54) is 161 Å².